The molecule has 0 heterocycles. The minimum absolute atomic E-state index is 0.211. The summed E-state index contributed by atoms with van der Waals surface area (Å²) in [5, 5.41) is 0. The van der Waals surface area contributed by atoms with Crippen LogP contribution in [0.15, 0.2) is 18.2 Å². The molecule has 2 nitrogen and oxygen atoms in total. The Labute approximate surface area is 63.8 Å². The van der Waals surface area contributed by atoms with Crippen LogP contribution in [0.4, 0.5) is 4.39 Å². The van der Waals surface area contributed by atoms with Crippen molar-refractivity contribution in [3.8, 4) is 0 Å². The van der Waals surface area contributed by atoms with E-state index >= 15 is 0 Å². The number of carbonyl (C=O) groups is 1. The van der Waals surface area contributed by atoms with Crippen LogP contribution in [0.5, 0.6) is 0 Å². The quantitative estimate of drug-likeness (QED) is 0.647. The van der Waals surface area contributed by atoms with Gasteiger partial charge in [-0.15, -0.1) is 0 Å². The molecule has 0 saturated carbocycles. The molecule has 58 valence electrons. The van der Waals surface area contributed by atoms with Crippen molar-refractivity contribution in [2.45, 2.75) is 6.92 Å². The van der Waals surface area contributed by atoms with Gasteiger partial charge in [-0.3, -0.25) is 4.79 Å². The number of halogens is 1. The van der Waals surface area contributed by atoms with Crippen LogP contribution in [-0.4, -0.2) is 5.91 Å². The average molecular weight is 153 g/mol. The Balaban J connectivity index is 3.19. The SMILES string of the molecule is Cc1cc(F)cc(C(N)=O)c1. The van der Waals surface area contributed by atoms with Gasteiger partial charge >= 0.3 is 0 Å². The summed E-state index contributed by atoms with van der Waals surface area (Å²) < 4.78 is 12.6. The summed E-state index contributed by atoms with van der Waals surface area (Å²) in [6.45, 7) is 1.70. The molecule has 0 fully saturated rings. The largest absolute Gasteiger partial charge is 0.366 e. The van der Waals surface area contributed by atoms with Gasteiger partial charge in [0.2, 0.25) is 5.91 Å². The van der Waals surface area contributed by atoms with Crippen molar-refractivity contribution in [1.82, 2.24) is 0 Å². The van der Waals surface area contributed by atoms with Crippen LogP contribution < -0.4 is 5.73 Å². The number of amides is 1. The lowest BCUT2D eigenvalue weighted by Crippen LogP contribution is -2.11. The van der Waals surface area contributed by atoms with E-state index in [-0.39, 0.29) is 5.56 Å². The van der Waals surface area contributed by atoms with Crippen molar-refractivity contribution in [2.75, 3.05) is 0 Å². The van der Waals surface area contributed by atoms with Crippen molar-refractivity contribution < 1.29 is 9.18 Å². The van der Waals surface area contributed by atoms with Crippen LogP contribution in [0.25, 0.3) is 0 Å². The van der Waals surface area contributed by atoms with Gasteiger partial charge in [0, 0.05) is 5.56 Å². The first kappa shape index (κ1) is 7.72. The molecule has 2 N–H and O–H groups in total. The van der Waals surface area contributed by atoms with Gasteiger partial charge in [0.05, 0.1) is 0 Å². The lowest BCUT2D eigenvalue weighted by Gasteiger charge is -1.97. The van der Waals surface area contributed by atoms with Crippen molar-refractivity contribution in [1.29, 1.82) is 0 Å². The summed E-state index contributed by atoms with van der Waals surface area (Å²) in [4.78, 5) is 10.6. The van der Waals surface area contributed by atoms with Crippen LogP contribution in [0, 0.1) is 12.7 Å². The van der Waals surface area contributed by atoms with Gasteiger partial charge < -0.3 is 5.73 Å². The third kappa shape index (κ3) is 1.77. The van der Waals surface area contributed by atoms with Gasteiger partial charge in [0.25, 0.3) is 0 Å². The second-order valence-corrected chi connectivity index (χ2v) is 2.38. The summed E-state index contributed by atoms with van der Waals surface area (Å²) in [5.41, 5.74) is 5.85. The number of benzene rings is 1. The van der Waals surface area contributed by atoms with E-state index in [1.165, 1.54) is 6.07 Å². The summed E-state index contributed by atoms with van der Waals surface area (Å²) in [6.07, 6.45) is 0. The molecule has 0 atom stereocenters. The highest BCUT2D eigenvalue weighted by molar-refractivity contribution is 5.92. The maximum absolute atomic E-state index is 12.6. The molecule has 1 amide bonds. The van der Waals surface area contributed by atoms with Crippen molar-refractivity contribution >= 4 is 5.91 Å². The number of primary amides is 1. The molecule has 0 aliphatic rings. The van der Waals surface area contributed by atoms with E-state index in [0.717, 1.165) is 6.07 Å². The van der Waals surface area contributed by atoms with Gasteiger partial charge in [0.1, 0.15) is 5.82 Å². The zero-order chi connectivity index (χ0) is 8.43. The lowest BCUT2D eigenvalue weighted by molar-refractivity contribution is 0.1000. The smallest absolute Gasteiger partial charge is 0.248 e. The molecule has 0 aromatic heterocycles. The van der Waals surface area contributed by atoms with Gasteiger partial charge in [-0.2, -0.15) is 0 Å². The van der Waals surface area contributed by atoms with Crippen LogP contribution >= 0.6 is 0 Å². The minimum Gasteiger partial charge on any atom is -0.366 e. The summed E-state index contributed by atoms with van der Waals surface area (Å²) >= 11 is 0. The molecular weight excluding hydrogens is 145 g/mol. The number of aryl methyl sites for hydroxylation is 1. The van der Waals surface area contributed by atoms with Crippen molar-refractivity contribution in [3.63, 3.8) is 0 Å². The Hall–Kier alpha value is -1.38. The molecule has 1 rings (SSSR count). The Kier molecular flexibility index (Phi) is 1.89. The normalized spacial score (nSPS) is 9.64. The van der Waals surface area contributed by atoms with Crippen LogP contribution in [0.2, 0.25) is 0 Å². The molecule has 0 aliphatic carbocycles. The fourth-order valence-corrected chi connectivity index (χ4v) is 0.879. The lowest BCUT2D eigenvalue weighted by atomic mass is 10.1. The molecule has 1 aromatic carbocycles. The number of rotatable bonds is 1. The van der Waals surface area contributed by atoms with Crippen LogP contribution in [0.3, 0.4) is 0 Å². The van der Waals surface area contributed by atoms with Gasteiger partial charge in [-0.05, 0) is 30.7 Å². The van der Waals surface area contributed by atoms with E-state index in [0.29, 0.717) is 5.56 Å². The monoisotopic (exact) mass is 153 g/mol. The highest BCUT2D eigenvalue weighted by atomic mass is 19.1. The average Bonchev–Trinajstić information content (AvgIpc) is 1.85. The number of hydrogen-bond acceptors (Lipinski definition) is 1. The molecule has 1 aromatic rings. The molecule has 0 spiro atoms. The van der Waals surface area contributed by atoms with E-state index < -0.39 is 11.7 Å². The van der Waals surface area contributed by atoms with E-state index in [9.17, 15) is 9.18 Å². The Morgan fingerprint density at radius 3 is 2.55 bits per heavy atom. The maximum Gasteiger partial charge on any atom is 0.248 e. The second kappa shape index (κ2) is 2.70. The van der Waals surface area contributed by atoms with Gasteiger partial charge in [-0.25, -0.2) is 4.39 Å². The first-order valence-electron chi connectivity index (χ1n) is 3.16. The van der Waals surface area contributed by atoms with E-state index in [1.54, 1.807) is 13.0 Å². The van der Waals surface area contributed by atoms with Crippen LogP contribution in [0.1, 0.15) is 15.9 Å². The van der Waals surface area contributed by atoms with Crippen LogP contribution in [-0.2, 0) is 0 Å². The van der Waals surface area contributed by atoms with Crippen molar-refractivity contribution in [2.24, 2.45) is 5.73 Å². The Bertz CT molecular complexity index is 276. The van der Waals surface area contributed by atoms with E-state index in [2.05, 4.69) is 0 Å². The summed E-state index contributed by atoms with van der Waals surface area (Å²) in [5.74, 6) is -1.04. The molecule has 0 aliphatic heterocycles. The van der Waals surface area contributed by atoms with E-state index in [4.69, 9.17) is 5.73 Å². The fraction of sp³-hybridized carbons (Fsp3) is 0.125. The number of carbonyl (C=O) groups excluding carboxylic acids is 1. The zero-order valence-electron chi connectivity index (χ0n) is 6.10. The van der Waals surface area contributed by atoms with Gasteiger partial charge in [-0.1, -0.05) is 0 Å². The highest BCUT2D eigenvalue weighted by Crippen LogP contribution is 2.06. The Morgan fingerprint density at radius 1 is 1.45 bits per heavy atom. The zero-order valence-corrected chi connectivity index (χ0v) is 6.10. The first-order valence-corrected chi connectivity index (χ1v) is 3.16. The summed E-state index contributed by atoms with van der Waals surface area (Å²) in [7, 11) is 0. The fourth-order valence-electron chi connectivity index (χ4n) is 0.879. The maximum atomic E-state index is 12.6. The number of nitrogens with two attached hydrogens (primary N) is 1. The second-order valence-electron chi connectivity index (χ2n) is 2.38. The van der Waals surface area contributed by atoms with Gasteiger partial charge in [0.15, 0.2) is 0 Å². The molecule has 3 heteroatoms. The highest BCUT2D eigenvalue weighted by Gasteiger charge is 2.01. The predicted molar refractivity (Wildman–Crippen MR) is 39.7 cm³/mol. The first-order chi connectivity index (χ1) is 5.09. The molecule has 0 radical (unpaired) electrons. The van der Waals surface area contributed by atoms with E-state index in [1.807, 2.05) is 0 Å². The predicted octanol–water partition coefficient (Wildman–Crippen LogP) is 1.23. The molecular formula is C8H8FNO. The molecule has 0 unspecified atom stereocenters. The standard InChI is InChI=1S/C8H8FNO/c1-5-2-6(8(10)11)4-7(9)3-5/h2-4H,1H3,(H2,10,11). The van der Waals surface area contributed by atoms with Crippen molar-refractivity contribution in [3.05, 3.63) is 35.1 Å². The molecule has 11 heavy (non-hydrogen) atoms. The Morgan fingerprint density at radius 2 is 2.09 bits per heavy atom. The minimum atomic E-state index is -0.604. The molecule has 0 saturated heterocycles. The number of hydrogen-bond donors (Lipinski definition) is 1. The summed E-state index contributed by atoms with van der Waals surface area (Å²) in [6, 6.07) is 4.01. The molecule has 0 bridgehead atoms. The third-order valence-corrected chi connectivity index (χ3v) is 1.33. The third-order valence-electron chi connectivity index (χ3n) is 1.33. The topological polar surface area (TPSA) is 43.1 Å².